The van der Waals surface area contributed by atoms with Crippen LogP contribution in [0.1, 0.15) is 5.56 Å². The molecule has 9 heteroatoms. The molecule has 0 saturated carbocycles. The summed E-state index contributed by atoms with van der Waals surface area (Å²) >= 11 is 0. The zero-order chi connectivity index (χ0) is 54.2. The number of nitrogens with zero attached hydrogens (tertiary/aromatic N) is 7. The van der Waals surface area contributed by atoms with Crippen molar-refractivity contribution >= 4 is 104 Å². The molecule has 0 unspecified atom stereocenters. The quantitative estimate of drug-likeness (QED) is 0.142. The van der Waals surface area contributed by atoms with Crippen LogP contribution in [0.5, 0.6) is 11.5 Å². The number of hydrogen-bond donors (Lipinski definition) is 0. The van der Waals surface area contributed by atoms with E-state index in [4.69, 9.17) is 9.72 Å². The summed E-state index contributed by atoms with van der Waals surface area (Å²) in [6.07, 6.45) is 2.08. The smallest absolute Gasteiger partial charge is 0.135 e. The SMILES string of the molecule is Cc1cc(-n2c3[c-]c(Oc4[c-]c(N5[CH-]N(C)c6ccccc65)cc(-n5c6ccccc6c6ccccc65)c4)ccc3c3ccccc32)ncc1-c1c(-n2c3ccccc3c3ccccc32)cccc1-n1c2ccccc2c2ccccc21.[Pt]. The van der Waals surface area contributed by atoms with Crippen molar-refractivity contribution in [2.45, 2.75) is 6.92 Å². The number of aromatic nitrogens is 5. The van der Waals surface area contributed by atoms with Gasteiger partial charge in [-0.05, 0) is 97.7 Å². The van der Waals surface area contributed by atoms with Crippen LogP contribution in [-0.2, 0) is 21.1 Å². The summed E-state index contributed by atoms with van der Waals surface area (Å²) in [6, 6.07) is 94.1. The maximum absolute atomic E-state index is 7.05. The molecule has 0 bridgehead atoms. The molecule has 16 aromatic rings. The van der Waals surface area contributed by atoms with Crippen LogP contribution in [0.3, 0.4) is 0 Å². The van der Waals surface area contributed by atoms with E-state index in [2.05, 4.69) is 304 Å². The number of anilines is 3. The molecule has 1 aliphatic heterocycles. The van der Waals surface area contributed by atoms with E-state index in [9.17, 15) is 0 Å². The van der Waals surface area contributed by atoms with E-state index in [1.807, 2.05) is 6.07 Å². The molecular formula is C74H48N7OPt-3. The van der Waals surface area contributed by atoms with Gasteiger partial charge in [-0.25, -0.2) is 4.98 Å². The first kappa shape index (κ1) is 48.7. The molecule has 398 valence electrons. The third kappa shape index (κ3) is 7.39. The first-order valence-electron chi connectivity index (χ1n) is 27.8. The molecule has 0 spiro atoms. The fraction of sp³-hybridized carbons (Fsp3) is 0.0270. The molecule has 11 aromatic carbocycles. The van der Waals surface area contributed by atoms with Crippen molar-refractivity contribution < 1.29 is 25.8 Å². The van der Waals surface area contributed by atoms with Gasteiger partial charge in [-0.3, -0.25) is 0 Å². The molecule has 0 saturated heterocycles. The van der Waals surface area contributed by atoms with E-state index in [-0.39, 0.29) is 21.1 Å². The van der Waals surface area contributed by atoms with Gasteiger partial charge in [0.1, 0.15) is 5.82 Å². The second-order valence-electron chi connectivity index (χ2n) is 21.4. The summed E-state index contributed by atoms with van der Waals surface area (Å²) in [6.45, 7) is 4.33. The molecule has 6 heterocycles. The van der Waals surface area contributed by atoms with Crippen LogP contribution in [-0.4, -0.2) is 30.3 Å². The molecule has 1 aliphatic rings. The van der Waals surface area contributed by atoms with Gasteiger partial charge in [-0.1, -0.05) is 162 Å². The number of rotatable bonds is 8. The van der Waals surface area contributed by atoms with Gasteiger partial charge in [0.25, 0.3) is 0 Å². The molecule has 0 N–H and O–H groups in total. The molecular weight excluding hydrogens is 1200 g/mol. The number of fused-ring (bicyclic) bond motifs is 13. The second kappa shape index (κ2) is 19.0. The van der Waals surface area contributed by atoms with Crippen molar-refractivity contribution in [2.24, 2.45) is 0 Å². The number of pyridine rings is 1. The van der Waals surface area contributed by atoms with Crippen molar-refractivity contribution in [1.29, 1.82) is 0 Å². The first-order chi connectivity index (χ1) is 40.5. The number of ether oxygens (including phenoxy) is 1. The van der Waals surface area contributed by atoms with Gasteiger partial charge in [-0.15, -0.1) is 35.7 Å². The summed E-state index contributed by atoms with van der Waals surface area (Å²) in [5, 5.41) is 9.36. The van der Waals surface area contributed by atoms with Crippen LogP contribution in [0.15, 0.2) is 249 Å². The Labute approximate surface area is 492 Å². The Morgan fingerprint density at radius 3 is 1.34 bits per heavy atom. The third-order valence-corrected chi connectivity index (χ3v) is 16.8. The molecule has 0 atom stereocenters. The van der Waals surface area contributed by atoms with E-state index in [0.717, 1.165) is 112 Å². The molecule has 0 radical (unpaired) electrons. The van der Waals surface area contributed by atoms with Crippen LogP contribution in [0.25, 0.3) is 121 Å². The average molecular weight is 1250 g/mol. The van der Waals surface area contributed by atoms with Gasteiger partial charge in [0.15, 0.2) is 0 Å². The van der Waals surface area contributed by atoms with Gasteiger partial charge in [-0.2, -0.15) is 12.7 Å². The van der Waals surface area contributed by atoms with Crippen molar-refractivity contribution in [3.05, 3.63) is 273 Å². The fourth-order valence-electron chi connectivity index (χ4n) is 13.2. The molecule has 83 heavy (non-hydrogen) atoms. The minimum atomic E-state index is 0. The molecule has 8 nitrogen and oxygen atoms in total. The number of aryl methyl sites for hydroxylation is 1. The van der Waals surface area contributed by atoms with E-state index in [0.29, 0.717) is 11.5 Å². The van der Waals surface area contributed by atoms with Crippen LogP contribution < -0.4 is 14.5 Å². The maximum Gasteiger partial charge on any atom is 0.135 e. The van der Waals surface area contributed by atoms with Crippen LogP contribution in [0, 0.1) is 25.7 Å². The van der Waals surface area contributed by atoms with E-state index in [1.54, 1.807) is 0 Å². The predicted octanol–water partition coefficient (Wildman–Crippen LogP) is 18.5. The Morgan fingerprint density at radius 1 is 0.398 bits per heavy atom. The van der Waals surface area contributed by atoms with Crippen molar-refractivity contribution in [1.82, 2.24) is 23.3 Å². The van der Waals surface area contributed by atoms with E-state index in [1.165, 1.54) is 32.3 Å². The number of benzene rings is 11. The number of hydrogen-bond acceptors (Lipinski definition) is 4. The van der Waals surface area contributed by atoms with Crippen LogP contribution in [0.4, 0.5) is 17.1 Å². The summed E-state index contributed by atoms with van der Waals surface area (Å²) in [5.74, 6) is 1.90. The minimum absolute atomic E-state index is 0. The standard InChI is InChI=1S/C74H48N7O.Pt/c1-47-40-73(75-45-60(47)74-70(79-63-29-12-5-22-54(63)55-23-6-13-30-64(55)79)36-19-37-71(74)80-65-31-14-7-24-56(65)57-25-8-15-32-66(57)80)81-67-33-16-9-26-58(67)59-39-38-50(44-72(59)81)82-51-42-48(77-46-76(2)68-34-17-18-35-69(68)77)41-49(43-51)78-61-27-10-3-20-52(61)53-21-4-11-28-62(53)78;/h3-41,43,45-46H,1-2H3;/q-3;. The van der Waals surface area contributed by atoms with E-state index < -0.39 is 0 Å². The summed E-state index contributed by atoms with van der Waals surface area (Å²) in [4.78, 5) is 9.84. The Kier molecular flexibility index (Phi) is 11.1. The minimum Gasteiger partial charge on any atom is -0.509 e. The zero-order valence-electron chi connectivity index (χ0n) is 45.1. The zero-order valence-corrected chi connectivity index (χ0v) is 47.4. The molecule has 0 aliphatic carbocycles. The topological polar surface area (TPSA) is 48.3 Å². The monoisotopic (exact) mass is 1250 g/mol. The second-order valence-corrected chi connectivity index (χ2v) is 21.4. The summed E-state index contributed by atoms with van der Waals surface area (Å²) < 4.78 is 16.5. The normalized spacial score (nSPS) is 12.5. The van der Waals surface area contributed by atoms with Gasteiger partial charge < -0.3 is 32.8 Å². The number of para-hydroxylation sites is 9. The largest absolute Gasteiger partial charge is 0.509 e. The average Bonchev–Trinajstić information content (AvgIpc) is 3.88. The molecule has 17 rings (SSSR count). The van der Waals surface area contributed by atoms with E-state index >= 15 is 0 Å². The molecule has 5 aromatic heterocycles. The van der Waals surface area contributed by atoms with Crippen LogP contribution in [0.2, 0.25) is 0 Å². The molecule has 0 amide bonds. The summed E-state index contributed by atoms with van der Waals surface area (Å²) in [7, 11) is 2.08. The summed E-state index contributed by atoms with van der Waals surface area (Å²) in [5.41, 5.74) is 18.0. The van der Waals surface area contributed by atoms with Gasteiger partial charge in [0.2, 0.25) is 0 Å². The van der Waals surface area contributed by atoms with Gasteiger partial charge >= 0.3 is 0 Å². The van der Waals surface area contributed by atoms with Crippen LogP contribution >= 0.6 is 0 Å². The Morgan fingerprint density at radius 2 is 0.831 bits per heavy atom. The fourth-order valence-corrected chi connectivity index (χ4v) is 13.2. The van der Waals surface area contributed by atoms with Crippen molar-refractivity contribution in [3.8, 4) is 45.5 Å². The Bertz CT molecular complexity index is 5020. The Balaban J connectivity index is 0.00000565. The molecule has 0 fully saturated rings. The van der Waals surface area contributed by atoms with Gasteiger partial charge in [0.05, 0.1) is 44.5 Å². The van der Waals surface area contributed by atoms with Gasteiger partial charge in [0, 0.05) is 99.1 Å². The first-order valence-corrected chi connectivity index (χ1v) is 27.8. The predicted molar refractivity (Wildman–Crippen MR) is 337 cm³/mol. The Hall–Kier alpha value is -10.1. The van der Waals surface area contributed by atoms with Crippen molar-refractivity contribution in [2.75, 3.05) is 16.8 Å². The van der Waals surface area contributed by atoms with Crippen molar-refractivity contribution in [3.63, 3.8) is 0 Å². The third-order valence-electron chi connectivity index (χ3n) is 16.8. The maximum atomic E-state index is 7.05.